The third kappa shape index (κ3) is 6.83. The third-order valence-electron chi connectivity index (χ3n) is 6.91. The van der Waals surface area contributed by atoms with E-state index in [1.54, 1.807) is 0 Å². The highest BCUT2D eigenvalue weighted by atomic mass is 31.3. The predicted molar refractivity (Wildman–Crippen MR) is 144 cm³/mol. The summed E-state index contributed by atoms with van der Waals surface area (Å²) in [7, 11) is -10.8. The Morgan fingerprint density at radius 1 is 0.933 bits per heavy atom. The molecule has 2 aliphatic heterocycles. The summed E-state index contributed by atoms with van der Waals surface area (Å²) in [5.41, 5.74) is 17.2. The fourth-order valence-corrected chi connectivity index (χ4v) is 6.75. The lowest BCUT2D eigenvalue weighted by Crippen LogP contribution is -2.48. The smallest absolute Gasteiger partial charge is 0.387 e. The number of hydrogen-bond donors (Lipinski definition) is 9. The Hall–Kier alpha value is -3.21. The van der Waals surface area contributed by atoms with E-state index in [1.165, 1.54) is 23.0 Å². The van der Waals surface area contributed by atoms with Crippen LogP contribution < -0.4 is 21.8 Å². The van der Waals surface area contributed by atoms with E-state index in [9.17, 15) is 44.1 Å². The van der Waals surface area contributed by atoms with Crippen LogP contribution in [-0.4, -0.2) is 105 Å². The summed E-state index contributed by atoms with van der Waals surface area (Å²) >= 11 is 0. The van der Waals surface area contributed by atoms with E-state index in [0.29, 0.717) is 0 Å². The van der Waals surface area contributed by atoms with Crippen molar-refractivity contribution in [3.05, 3.63) is 36.5 Å². The third-order valence-corrected chi connectivity index (χ3v) is 9.52. The molecule has 0 radical (unpaired) electrons. The average Bonchev–Trinajstić information content (AvgIpc) is 3.61. The van der Waals surface area contributed by atoms with E-state index >= 15 is 0 Å². The molecule has 0 bridgehead atoms. The van der Waals surface area contributed by atoms with Crippen LogP contribution in [0.15, 0.2) is 31.0 Å². The Balaban J connectivity index is 1.17. The van der Waals surface area contributed by atoms with Gasteiger partial charge in [-0.15, -0.1) is 0 Å². The Labute approximate surface area is 251 Å². The summed E-state index contributed by atoms with van der Waals surface area (Å²) in [6, 6.07) is 2.61. The second-order valence-electron chi connectivity index (χ2n) is 9.90. The number of aliphatic hydroxyl groups excluding tert-OH is 4. The molecule has 3 aromatic rings. The number of nitrogen functional groups attached to an aromatic ring is 2. The summed E-state index contributed by atoms with van der Waals surface area (Å²) in [4.78, 5) is 43.4. The van der Waals surface area contributed by atoms with Crippen LogP contribution in [0.4, 0.5) is 11.6 Å². The van der Waals surface area contributed by atoms with Crippen LogP contribution in [0.5, 0.6) is 0 Å². The van der Waals surface area contributed by atoms with Gasteiger partial charge in [-0.1, -0.05) is 0 Å². The van der Waals surface area contributed by atoms with Crippen LogP contribution in [0.25, 0.3) is 11.2 Å². The molecule has 4 unspecified atom stereocenters. The number of pyridine rings is 1. The van der Waals surface area contributed by atoms with Gasteiger partial charge in [0.05, 0.1) is 25.1 Å². The number of aliphatic hydroxyl groups is 4. The lowest BCUT2D eigenvalue weighted by atomic mass is 10.1. The van der Waals surface area contributed by atoms with Crippen LogP contribution >= 0.6 is 15.6 Å². The monoisotopic (exact) mass is 679 g/mol. The summed E-state index contributed by atoms with van der Waals surface area (Å²) < 4.78 is 51.9. The lowest BCUT2D eigenvalue weighted by Gasteiger charge is -2.20. The Morgan fingerprint density at radius 3 is 2.20 bits per heavy atom. The maximum atomic E-state index is 12.4. The first kappa shape index (κ1) is 33.2. The van der Waals surface area contributed by atoms with E-state index in [2.05, 4.69) is 23.8 Å². The maximum Gasteiger partial charge on any atom is 0.481 e. The van der Waals surface area contributed by atoms with Gasteiger partial charge in [-0.05, 0) is 6.07 Å². The van der Waals surface area contributed by atoms with Crippen LogP contribution in [0.3, 0.4) is 0 Å². The van der Waals surface area contributed by atoms with Gasteiger partial charge < -0.3 is 51.2 Å². The zero-order chi connectivity index (χ0) is 32.8. The number of fused-ring (bicyclic) bond motifs is 1. The molecular weight excluding hydrogens is 650 g/mol. The molecule has 0 saturated carbocycles. The Morgan fingerprint density at radius 2 is 1.56 bits per heavy atom. The van der Waals surface area contributed by atoms with Crippen molar-refractivity contribution in [2.45, 2.75) is 49.1 Å². The molecule has 0 spiro atoms. The number of ether oxygens (including phenoxy) is 2. The number of aromatic nitrogens is 5. The molecule has 5 rings (SSSR count). The molecule has 12 N–H and O–H groups in total. The zero-order valence-electron chi connectivity index (χ0n) is 22.7. The van der Waals surface area contributed by atoms with Gasteiger partial charge in [0.1, 0.15) is 54.7 Å². The standard InChI is InChI=1S/C21H28N8O14P2/c22-11-2-1-8(18(24)34)3-28(11)20-15(32)13(30)9(41-20)4-39-44(35,36)43-45(37,38)40-5-10-14(31)16(33)21(42-10)29-7-27-12-17(23)25-6-26-19(12)29/h1-3,6-7,9-10,13-16,20-22,30-33H,4-5H2,(H6,23,24,25,26,34,35,36,37,38)/p+1/t9-,10-,13?,14?,15+,16+,20-,21-/m1/s1. The highest BCUT2D eigenvalue weighted by Gasteiger charge is 2.49. The lowest BCUT2D eigenvalue weighted by molar-refractivity contribution is -0.753. The molecule has 24 heteroatoms. The van der Waals surface area contributed by atoms with Gasteiger partial charge in [0, 0.05) is 6.07 Å². The van der Waals surface area contributed by atoms with Gasteiger partial charge in [-0.2, -0.15) is 4.31 Å². The number of carbonyl (C=O) groups is 1. The summed E-state index contributed by atoms with van der Waals surface area (Å²) in [5, 5.41) is 41.8. The van der Waals surface area contributed by atoms with Gasteiger partial charge in [0.2, 0.25) is 6.23 Å². The first-order valence-corrected chi connectivity index (χ1v) is 15.8. The van der Waals surface area contributed by atoms with Crippen LogP contribution in [-0.2, 0) is 32.0 Å². The van der Waals surface area contributed by atoms with Crippen LogP contribution in [0, 0.1) is 0 Å². The van der Waals surface area contributed by atoms with Crippen molar-refractivity contribution in [2.75, 3.05) is 24.7 Å². The van der Waals surface area contributed by atoms with Crippen molar-refractivity contribution < 1.29 is 71.5 Å². The van der Waals surface area contributed by atoms with Gasteiger partial charge in [-0.3, -0.25) is 24.1 Å². The van der Waals surface area contributed by atoms with Gasteiger partial charge in [0.25, 0.3) is 11.7 Å². The number of amides is 1. The maximum absolute atomic E-state index is 12.4. The van der Waals surface area contributed by atoms with Gasteiger partial charge in [0.15, 0.2) is 17.7 Å². The molecule has 2 aliphatic rings. The highest BCUT2D eigenvalue weighted by Crippen LogP contribution is 2.60. The normalized spacial score (nSPS) is 31.2. The SMILES string of the molecule is NC(=O)c1ccc(N)[n+]([C@@H]2O[C@H](COP(=O)(O)OP(=O)(O)OC[C@H]3O[C@@H](n4cnc5c(N)ncnc54)[C@@H](O)C3O)C(O)[C@@H]2O)c1. The van der Waals surface area contributed by atoms with E-state index in [-0.39, 0.29) is 28.4 Å². The number of phosphoric ester groups is 2. The van der Waals surface area contributed by atoms with Crippen molar-refractivity contribution in [1.29, 1.82) is 0 Å². The van der Waals surface area contributed by atoms with E-state index in [4.69, 9.17) is 31.2 Å². The molecule has 0 aliphatic carbocycles. The van der Waals surface area contributed by atoms with Gasteiger partial charge >= 0.3 is 15.6 Å². The number of phosphoric acid groups is 2. The number of carbonyl (C=O) groups excluding carboxylic acids is 1. The number of nitrogens with zero attached hydrogens (tertiary/aromatic N) is 5. The molecule has 246 valence electrons. The number of nitrogens with two attached hydrogens (primary N) is 3. The van der Waals surface area contributed by atoms with E-state index in [1.807, 2.05) is 0 Å². The predicted octanol–water partition coefficient (Wildman–Crippen LogP) is -3.43. The number of hydrogen-bond acceptors (Lipinski definition) is 17. The van der Waals surface area contributed by atoms with Crippen molar-refractivity contribution >= 4 is 44.4 Å². The number of rotatable bonds is 11. The molecule has 2 saturated heterocycles. The summed E-state index contributed by atoms with van der Waals surface area (Å²) in [6.07, 6.45) is -8.73. The molecule has 5 heterocycles. The first-order chi connectivity index (χ1) is 21.1. The molecule has 22 nitrogen and oxygen atoms in total. The van der Waals surface area contributed by atoms with Crippen molar-refractivity contribution in [3.63, 3.8) is 0 Å². The molecule has 10 atom stereocenters. The van der Waals surface area contributed by atoms with Crippen LogP contribution in [0.2, 0.25) is 0 Å². The van der Waals surface area contributed by atoms with Crippen molar-refractivity contribution in [2.24, 2.45) is 5.73 Å². The van der Waals surface area contributed by atoms with E-state index < -0.39 is 83.8 Å². The highest BCUT2D eigenvalue weighted by molar-refractivity contribution is 7.61. The average molecular weight is 679 g/mol. The Kier molecular flexibility index (Phi) is 9.23. The molecule has 45 heavy (non-hydrogen) atoms. The topological polar surface area (TPSA) is 344 Å². The van der Waals surface area contributed by atoms with E-state index in [0.717, 1.165) is 17.1 Å². The first-order valence-electron chi connectivity index (χ1n) is 12.8. The fourth-order valence-electron chi connectivity index (χ4n) is 4.66. The second kappa shape index (κ2) is 12.5. The largest absolute Gasteiger partial charge is 0.481 e. The molecule has 3 aromatic heterocycles. The minimum Gasteiger partial charge on any atom is -0.387 e. The summed E-state index contributed by atoms with van der Waals surface area (Å²) in [5.74, 6) is -0.771. The number of imidazole rings is 1. The fraction of sp³-hybridized carbons (Fsp3) is 0.476. The molecular formula is C21H29N8O14P2+. The number of primary amides is 1. The Bertz CT molecular complexity index is 1680. The zero-order valence-corrected chi connectivity index (χ0v) is 24.5. The van der Waals surface area contributed by atoms with Crippen molar-refractivity contribution in [3.8, 4) is 0 Å². The second-order valence-corrected chi connectivity index (χ2v) is 12.9. The minimum absolute atomic E-state index is 0.000379. The van der Waals surface area contributed by atoms with Gasteiger partial charge in [-0.25, -0.2) is 28.6 Å². The number of anilines is 2. The molecule has 1 amide bonds. The molecule has 2 fully saturated rings. The quantitative estimate of drug-likeness (QED) is 0.0703. The minimum atomic E-state index is -5.40. The van der Waals surface area contributed by atoms with Crippen molar-refractivity contribution in [1.82, 2.24) is 19.5 Å². The van der Waals surface area contributed by atoms with Crippen LogP contribution in [0.1, 0.15) is 22.8 Å². The summed E-state index contributed by atoms with van der Waals surface area (Å²) in [6.45, 7) is -1.85. The molecule has 0 aromatic carbocycles.